The van der Waals surface area contributed by atoms with Crippen LogP contribution < -0.4 is 10.3 Å². The number of hydrogen-bond acceptors (Lipinski definition) is 5. The standard InChI is InChI=1S/C14H9F3N4O2/c1-23-10-3-2-7(6-9(10)14(15,16)17)11-12-8(4-5-18-11)13(22)20-21-19-12/h2-6H,1H3,(H,19,20,22). The van der Waals surface area contributed by atoms with Gasteiger partial charge in [0.05, 0.1) is 23.8 Å². The fraction of sp³-hybridized carbons (Fsp3) is 0.143. The van der Waals surface area contributed by atoms with Crippen molar-refractivity contribution in [1.29, 1.82) is 0 Å². The number of ether oxygens (including phenoxy) is 1. The third-order valence-electron chi connectivity index (χ3n) is 3.25. The Labute approximate surface area is 126 Å². The smallest absolute Gasteiger partial charge is 0.419 e. The molecular formula is C14H9F3N4O2. The molecular weight excluding hydrogens is 313 g/mol. The molecule has 0 unspecified atom stereocenters. The molecule has 0 saturated carbocycles. The highest BCUT2D eigenvalue weighted by atomic mass is 19.4. The van der Waals surface area contributed by atoms with Gasteiger partial charge < -0.3 is 4.74 Å². The predicted octanol–water partition coefficient (Wildman–Crippen LogP) is 2.41. The molecule has 2 aromatic heterocycles. The SMILES string of the molecule is COc1ccc(-c2nccc3c(=O)[nH]nnc23)cc1C(F)(F)F. The second-order valence-electron chi connectivity index (χ2n) is 4.61. The zero-order chi connectivity index (χ0) is 16.6. The summed E-state index contributed by atoms with van der Waals surface area (Å²) in [4.78, 5) is 15.7. The van der Waals surface area contributed by atoms with E-state index in [2.05, 4.69) is 20.4 Å². The minimum atomic E-state index is -4.59. The van der Waals surface area contributed by atoms with Crippen molar-refractivity contribution in [3.8, 4) is 17.0 Å². The van der Waals surface area contributed by atoms with Gasteiger partial charge in [-0.2, -0.15) is 13.2 Å². The number of nitrogens with one attached hydrogen (secondary N) is 1. The molecule has 1 N–H and O–H groups in total. The van der Waals surface area contributed by atoms with Gasteiger partial charge in [0.2, 0.25) is 0 Å². The molecule has 6 nitrogen and oxygen atoms in total. The quantitative estimate of drug-likeness (QED) is 0.783. The van der Waals surface area contributed by atoms with Gasteiger partial charge in [-0.05, 0) is 24.3 Å². The van der Waals surface area contributed by atoms with Crippen LogP contribution in [0.15, 0.2) is 35.3 Å². The van der Waals surface area contributed by atoms with Crippen molar-refractivity contribution in [3.63, 3.8) is 0 Å². The number of methoxy groups -OCH3 is 1. The molecule has 0 aliphatic rings. The van der Waals surface area contributed by atoms with Gasteiger partial charge in [0.25, 0.3) is 5.56 Å². The van der Waals surface area contributed by atoms with Crippen molar-refractivity contribution in [2.24, 2.45) is 0 Å². The summed E-state index contributed by atoms with van der Waals surface area (Å²) in [5, 5.41) is 9.55. The molecule has 0 atom stereocenters. The van der Waals surface area contributed by atoms with Gasteiger partial charge in [0.1, 0.15) is 11.3 Å². The molecule has 0 radical (unpaired) electrons. The second-order valence-corrected chi connectivity index (χ2v) is 4.61. The number of aromatic nitrogens is 4. The lowest BCUT2D eigenvalue weighted by Gasteiger charge is -2.13. The fourth-order valence-electron chi connectivity index (χ4n) is 2.21. The number of aromatic amines is 1. The third-order valence-corrected chi connectivity index (χ3v) is 3.25. The molecule has 3 aromatic rings. The van der Waals surface area contributed by atoms with Gasteiger partial charge in [-0.25, -0.2) is 5.10 Å². The lowest BCUT2D eigenvalue weighted by molar-refractivity contribution is -0.138. The molecule has 0 aliphatic heterocycles. The lowest BCUT2D eigenvalue weighted by atomic mass is 10.0. The van der Waals surface area contributed by atoms with E-state index in [1.165, 1.54) is 24.4 Å². The van der Waals surface area contributed by atoms with Crippen molar-refractivity contribution < 1.29 is 17.9 Å². The van der Waals surface area contributed by atoms with Crippen LogP contribution in [-0.4, -0.2) is 27.5 Å². The van der Waals surface area contributed by atoms with Crippen LogP contribution in [0.4, 0.5) is 13.2 Å². The van der Waals surface area contributed by atoms with Crippen LogP contribution in [0, 0.1) is 0 Å². The van der Waals surface area contributed by atoms with E-state index in [9.17, 15) is 18.0 Å². The van der Waals surface area contributed by atoms with Gasteiger partial charge in [0.15, 0.2) is 0 Å². The zero-order valence-corrected chi connectivity index (χ0v) is 11.7. The van der Waals surface area contributed by atoms with E-state index >= 15 is 0 Å². The first-order chi connectivity index (χ1) is 10.9. The summed E-state index contributed by atoms with van der Waals surface area (Å²) in [5.74, 6) is -0.301. The first-order valence-corrected chi connectivity index (χ1v) is 6.37. The molecule has 0 bridgehead atoms. The maximum Gasteiger partial charge on any atom is 0.419 e. The van der Waals surface area contributed by atoms with Crippen molar-refractivity contribution >= 4 is 10.9 Å². The molecule has 2 heterocycles. The number of fused-ring (bicyclic) bond motifs is 1. The Morgan fingerprint density at radius 3 is 2.70 bits per heavy atom. The Bertz CT molecular complexity index is 937. The zero-order valence-electron chi connectivity index (χ0n) is 11.7. The van der Waals surface area contributed by atoms with Crippen LogP contribution in [0.3, 0.4) is 0 Å². The summed E-state index contributed by atoms with van der Waals surface area (Å²) >= 11 is 0. The minimum absolute atomic E-state index is 0.120. The largest absolute Gasteiger partial charge is 0.496 e. The van der Waals surface area contributed by atoms with Gasteiger partial charge in [-0.1, -0.05) is 5.21 Å². The highest BCUT2D eigenvalue weighted by molar-refractivity contribution is 5.90. The van der Waals surface area contributed by atoms with Gasteiger partial charge in [-0.3, -0.25) is 9.78 Å². The fourth-order valence-corrected chi connectivity index (χ4v) is 2.21. The molecule has 0 fully saturated rings. The molecule has 0 amide bonds. The molecule has 0 aliphatic carbocycles. The van der Waals surface area contributed by atoms with Crippen molar-refractivity contribution in [2.45, 2.75) is 6.18 Å². The number of H-pyrrole nitrogens is 1. The van der Waals surface area contributed by atoms with E-state index in [1.807, 2.05) is 0 Å². The highest BCUT2D eigenvalue weighted by Crippen LogP contribution is 2.38. The Balaban J connectivity index is 2.28. The molecule has 0 spiro atoms. The number of nitrogens with zero attached hydrogens (tertiary/aromatic N) is 3. The number of benzene rings is 1. The summed E-state index contributed by atoms with van der Waals surface area (Å²) in [6.07, 6.45) is -3.26. The third kappa shape index (κ3) is 2.60. The van der Waals surface area contributed by atoms with E-state index < -0.39 is 17.3 Å². The maximum absolute atomic E-state index is 13.1. The van der Waals surface area contributed by atoms with Crippen LogP contribution in [0.5, 0.6) is 5.75 Å². The Hall–Kier alpha value is -2.97. The predicted molar refractivity (Wildman–Crippen MR) is 74.9 cm³/mol. The summed E-state index contributed by atoms with van der Waals surface area (Å²) in [7, 11) is 1.16. The number of pyridine rings is 1. The van der Waals surface area contributed by atoms with E-state index in [0.717, 1.165) is 13.2 Å². The van der Waals surface area contributed by atoms with Gasteiger partial charge >= 0.3 is 6.18 Å². The van der Waals surface area contributed by atoms with Gasteiger partial charge in [0, 0.05) is 11.8 Å². The van der Waals surface area contributed by atoms with E-state index in [-0.39, 0.29) is 27.9 Å². The second kappa shape index (κ2) is 5.34. The van der Waals surface area contributed by atoms with Crippen molar-refractivity contribution in [3.05, 3.63) is 46.4 Å². The first-order valence-electron chi connectivity index (χ1n) is 6.37. The van der Waals surface area contributed by atoms with Gasteiger partial charge in [-0.15, -0.1) is 5.10 Å². The van der Waals surface area contributed by atoms with E-state index in [0.29, 0.717) is 0 Å². The van der Waals surface area contributed by atoms with Crippen LogP contribution in [0.1, 0.15) is 5.56 Å². The van der Waals surface area contributed by atoms with Crippen LogP contribution in [-0.2, 0) is 6.18 Å². The Kier molecular flexibility index (Phi) is 3.47. The number of hydrogen-bond donors (Lipinski definition) is 1. The average Bonchev–Trinajstić information content (AvgIpc) is 2.53. The Morgan fingerprint density at radius 1 is 1.22 bits per heavy atom. The summed E-state index contributed by atoms with van der Waals surface area (Å²) in [6.45, 7) is 0. The highest BCUT2D eigenvalue weighted by Gasteiger charge is 2.34. The molecule has 0 saturated heterocycles. The number of rotatable bonds is 2. The monoisotopic (exact) mass is 322 g/mol. The summed E-state index contributed by atoms with van der Waals surface area (Å²) in [5.41, 5.74) is -1.02. The number of alkyl halides is 3. The Morgan fingerprint density at radius 2 is 2.00 bits per heavy atom. The van der Waals surface area contributed by atoms with Crippen LogP contribution in [0.25, 0.3) is 22.2 Å². The molecule has 9 heteroatoms. The molecule has 23 heavy (non-hydrogen) atoms. The van der Waals surface area contributed by atoms with Crippen LogP contribution >= 0.6 is 0 Å². The average molecular weight is 322 g/mol. The summed E-state index contributed by atoms with van der Waals surface area (Å²) in [6, 6.07) is 4.93. The van der Waals surface area contributed by atoms with Crippen molar-refractivity contribution in [1.82, 2.24) is 20.4 Å². The molecule has 1 aromatic carbocycles. The molecule has 118 valence electrons. The lowest BCUT2D eigenvalue weighted by Crippen LogP contribution is -2.11. The van der Waals surface area contributed by atoms with Crippen molar-refractivity contribution in [2.75, 3.05) is 7.11 Å². The van der Waals surface area contributed by atoms with E-state index in [4.69, 9.17) is 4.74 Å². The topological polar surface area (TPSA) is 80.8 Å². The van der Waals surface area contributed by atoms with Crippen LogP contribution in [0.2, 0.25) is 0 Å². The maximum atomic E-state index is 13.1. The minimum Gasteiger partial charge on any atom is -0.496 e. The van der Waals surface area contributed by atoms with E-state index in [1.54, 1.807) is 0 Å². The number of halogens is 3. The normalized spacial score (nSPS) is 11.7. The first kappa shape index (κ1) is 14.9. The molecule has 3 rings (SSSR count). The summed E-state index contributed by atoms with van der Waals surface area (Å²) < 4.78 is 44.1.